The van der Waals surface area contributed by atoms with Crippen LogP contribution in [0.25, 0.3) is 0 Å². The lowest BCUT2D eigenvalue weighted by Crippen LogP contribution is -2.26. The van der Waals surface area contributed by atoms with Gasteiger partial charge in [0.05, 0.1) is 20.3 Å². The van der Waals surface area contributed by atoms with E-state index in [-0.39, 0.29) is 13.2 Å². The summed E-state index contributed by atoms with van der Waals surface area (Å²) in [6.45, 7) is 4.07. The summed E-state index contributed by atoms with van der Waals surface area (Å²) in [5.41, 5.74) is 0.984. The van der Waals surface area contributed by atoms with Crippen molar-refractivity contribution in [2.75, 3.05) is 38.9 Å². The van der Waals surface area contributed by atoms with Crippen LogP contribution in [0.15, 0.2) is 18.2 Å². The normalized spacial score (nSPS) is 19.6. The Morgan fingerprint density at radius 2 is 2.30 bits per heavy atom. The number of aliphatic hydroxyl groups excluding tert-OH is 1. The highest BCUT2D eigenvalue weighted by Gasteiger charge is 2.22. The number of anilines is 1. The summed E-state index contributed by atoms with van der Waals surface area (Å²) < 4.78 is 16.1. The van der Waals surface area contributed by atoms with Crippen molar-refractivity contribution < 1.29 is 19.3 Å². The van der Waals surface area contributed by atoms with Gasteiger partial charge in [0, 0.05) is 30.3 Å². The van der Waals surface area contributed by atoms with E-state index in [1.54, 1.807) is 7.11 Å². The van der Waals surface area contributed by atoms with Gasteiger partial charge in [-0.15, -0.1) is 0 Å². The van der Waals surface area contributed by atoms with Crippen LogP contribution in [0.3, 0.4) is 0 Å². The van der Waals surface area contributed by atoms with Crippen molar-refractivity contribution >= 4 is 5.69 Å². The molecule has 0 saturated carbocycles. The third kappa shape index (κ3) is 3.77. The van der Waals surface area contributed by atoms with E-state index in [0.29, 0.717) is 23.5 Å². The quantitative estimate of drug-likeness (QED) is 0.799. The fraction of sp³-hybridized carbons (Fsp3) is 0.600. The van der Waals surface area contributed by atoms with Crippen molar-refractivity contribution in [2.24, 2.45) is 5.92 Å². The summed E-state index contributed by atoms with van der Waals surface area (Å²) in [5, 5.41) is 12.3. The van der Waals surface area contributed by atoms with E-state index >= 15 is 0 Å². The Bertz CT molecular complexity index is 418. The predicted octanol–water partition coefficient (Wildman–Crippen LogP) is 1.90. The van der Waals surface area contributed by atoms with E-state index < -0.39 is 0 Å². The van der Waals surface area contributed by atoms with Gasteiger partial charge in [0.1, 0.15) is 6.61 Å². The van der Waals surface area contributed by atoms with Crippen molar-refractivity contribution in [1.82, 2.24) is 0 Å². The Hall–Kier alpha value is -1.46. The van der Waals surface area contributed by atoms with Gasteiger partial charge in [-0.25, -0.2) is 0 Å². The van der Waals surface area contributed by atoms with E-state index in [1.807, 2.05) is 18.2 Å². The maximum atomic E-state index is 8.85. The molecule has 5 heteroatoms. The first-order valence-electron chi connectivity index (χ1n) is 7.00. The number of hydrogen-bond donors (Lipinski definition) is 2. The van der Waals surface area contributed by atoms with Crippen LogP contribution in [-0.4, -0.2) is 44.7 Å². The molecule has 2 rings (SSSR count). The second kappa shape index (κ2) is 7.36. The van der Waals surface area contributed by atoms with Crippen LogP contribution < -0.4 is 14.8 Å². The van der Waals surface area contributed by atoms with Crippen molar-refractivity contribution in [3.05, 3.63) is 18.2 Å². The topological polar surface area (TPSA) is 60.0 Å². The summed E-state index contributed by atoms with van der Waals surface area (Å²) in [6, 6.07) is 6.08. The molecule has 1 aliphatic rings. The predicted molar refractivity (Wildman–Crippen MR) is 77.6 cm³/mol. The lowest BCUT2D eigenvalue weighted by Gasteiger charge is -2.21. The minimum atomic E-state index is -0.0172. The zero-order chi connectivity index (χ0) is 14.4. The van der Waals surface area contributed by atoms with Gasteiger partial charge in [-0.1, -0.05) is 0 Å². The summed E-state index contributed by atoms with van der Waals surface area (Å²) in [6.07, 6.45) is 1.10. The molecule has 2 unspecified atom stereocenters. The second-order valence-corrected chi connectivity index (χ2v) is 4.99. The number of benzene rings is 1. The molecule has 0 radical (unpaired) electrons. The lowest BCUT2D eigenvalue weighted by molar-refractivity contribution is 0.183. The highest BCUT2D eigenvalue weighted by atomic mass is 16.5. The summed E-state index contributed by atoms with van der Waals surface area (Å²) >= 11 is 0. The van der Waals surface area contributed by atoms with Crippen LogP contribution in [0.5, 0.6) is 11.5 Å². The van der Waals surface area contributed by atoms with Crippen LogP contribution in [0.2, 0.25) is 0 Å². The first kappa shape index (κ1) is 14.9. The fourth-order valence-electron chi connectivity index (χ4n) is 2.36. The van der Waals surface area contributed by atoms with E-state index in [9.17, 15) is 0 Å². The standard InChI is InChI=1S/C15H23NO4/c1-11(12-5-7-19-10-12)16-13-3-4-14(18-2)15(9-13)20-8-6-17/h3-4,9,11-12,16-17H,5-8,10H2,1-2H3. The Morgan fingerprint density at radius 3 is 2.95 bits per heavy atom. The lowest BCUT2D eigenvalue weighted by atomic mass is 10.0. The van der Waals surface area contributed by atoms with Crippen LogP contribution >= 0.6 is 0 Å². The number of ether oxygens (including phenoxy) is 3. The molecule has 1 aromatic rings. The minimum Gasteiger partial charge on any atom is -0.493 e. The molecule has 20 heavy (non-hydrogen) atoms. The molecular formula is C15H23NO4. The first-order chi connectivity index (χ1) is 9.74. The van der Waals surface area contributed by atoms with Crippen molar-refractivity contribution in [2.45, 2.75) is 19.4 Å². The third-order valence-corrected chi connectivity index (χ3v) is 3.58. The van der Waals surface area contributed by atoms with Crippen LogP contribution in [0.4, 0.5) is 5.69 Å². The average Bonchev–Trinajstić information content (AvgIpc) is 2.99. The van der Waals surface area contributed by atoms with E-state index in [4.69, 9.17) is 19.3 Å². The molecule has 0 bridgehead atoms. The monoisotopic (exact) mass is 281 g/mol. The van der Waals surface area contributed by atoms with E-state index in [1.165, 1.54) is 0 Å². The van der Waals surface area contributed by atoms with Gasteiger partial charge in [0.25, 0.3) is 0 Å². The van der Waals surface area contributed by atoms with Crippen molar-refractivity contribution in [3.63, 3.8) is 0 Å². The van der Waals surface area contributed by atoms with E-state index in [2.05, 4.69) is 12.2 Å². The molecule has 1 aromatic carbocycles. The van der Waals surface area contributed by atoms with Gasteiger partial charge in [-0.3, -0.25) is 0 Å². The molecule has 5 nitrogen and oxygen atoms in total. The Labute approximate surface area is 119 Å². The highest BCUT2D eigenvalue weighted by molar-refractivity contribution is 5.55. The molecule has 0 aromatic heterocycles. The summed E-state index contributed by atoms with van der Waals surface area (Å²) in [7, 11) is 1.60. The smallest absolute Gasteiger partial charge is 0.163 e. The van der Waals surface area contributed by atoms with Crippen molar-refractivity contribution in [3.8, 4) is 11.5 Å². The fourth-order valence-corrected chi connectivity index (χ4v) is 2.36. The van der Waals surface area contributed by atoms with Gasteiger partial charge in [-0.05, 0) is 25.5 Å². The minimum absolute atomic E-state index is 0.0172. The van der Waals surface area contributed by atoms with Gasteiger partial charge >= 0.3 is 0 Å². The molecule has 2 N–H and O–H groups in total. The van der Waals surface area contributed by atoms with Gasteiger partial charge < -0.3 is 24.6 Å². The zero-order valence-corrected chi connectivity index (χ0v) is 12.1. The first-order valence-corrected chi connectivity index (χ1v) is 7.00. The molecule has 2 atom stereocenters. The van der Waals surface area contributed by atoms with Gasteiger partial charge in [0.2, 0.25) is 0 Å². The van der Waals surface area contributed by atoms with Crippen molar-refractivity contribution in [1.29, 1.82) is 0 Å². The average molecular weight is 281 g/mol. The summed E-state index contributed by atoms with van der Waals surface area (Å²) in [4.78, 5) is 0. The Kier molecular flexibility index (Phi) is 5.49. The van der Waals surface area contributed by atoms with Crippen LogP contribution in [-0.2, 0) is 4.74 Å². The van der Waals surface area contributed by atoms with Gasteiger partial charge in [0.15, 0.2) is 11.5 Å². The molecule has 112 valence electrons. The molecule has 0 amide bonds. The molecule has 1 heterocycles. The maximum absolute atomic E-state index is 8.85. The Morgan fingerprint density at radius 1 is 1.45 bits per heavy atom. The summed E-state index contributed by atoms with van der Waals surface area (Å²) in [5.74, 6) is 1.85. The Balaban J connectivity index is 2.03. The van der Waals surface area contributed by atoms with Gasteiger partial charge in [-0.2, -0.15) is 0 Å². The van der Waals surface area contributed by atoms with E-state index in [0.717, 1.165) is 25.3 Å². The molecule has 1 saturated heterocycles. The SMILES string of the molecule is COc1ccc(NC(C)C2CCOC2)cc1OCCO. The second-order valence-electron chi connectivity index (χ2n) is 4.99. The molecule has 1 fully saturated rings. The highest BCUT2D eigenvalue weighted by Crippen LogP contribution is 2.31. The van der Waals surface area contributed by atoms with Crippen LogP contribution in [0, 0.1) is 5.92 Å². The van der Waals surface area contributed by atoms with Crippen LogP contribution in [0.1, 0.15) is 13.3 Å². The molecule has 0 spiro atoms. The number of aliphatic hydroxyl groups is 1. The molecular weight excluding hydrogens is 258 g/mol. The number of methoxy groups -OCH3 is 1. The largest absolute Gasteiger partial charge is 0.493 e. The number of hydrogen-bond acceptors (Lipinski definition) is 5. The number of nitrogens with one attached hydrogen (secondary N) is 1. The number of rotatable bonds is 7. The maximum Gasteiger partial charge on any atom is 0.163 e. The third-order valence-electron chi connectivity index (χ3n) is 3.58. The molecule has 1 aliphatic heterocycles. The molecule has 0 aliphatic carbocycles. The zero-order valence-electron chi connectivity index (χ0n) is 12.1.